The number of aliphatic hydroxyl groups is 1. The molecule has 142 valence electrons. The lowest BCUT2D eigenvalue weighted by Gasteiger charge is -2.31. The molecular weight excluding hydrogens is 343 g/mol. The second-order valence-corrected chi connectivity index (χ2v) is 8.09. The summed E-state index contributed by atoms with van der Waals surface area (Å²) in [5, 5.41) is 10.6. The minimum Gasteiger partial charge on any atom is -0.356 e. The molecule has 1 saturated heterocycles. The van der Waals surface area contributed by atoms with Gasteiger partial charge in [0.05, 0.1) is 17.0 Å². The van der Waals surface area contributed by atoms with Crippen molar-refractivity contribution in [2.24, 2.45) is 5.41 Å². The van der Waals surface area contributed by atoms with Crippen LogP contribution in [0.2, 0.25) is 0 Å². The lowest BCUT2D eigenvalue weighted by atomic mass is 9.88. The van der Waals surface area contributed by atoms with Crippen molar-refractivity contribution in [1.29, 1.82) is 0 Å². The fourth-order valence-electron chi connectivity index (χ4n) is 3.56. The Morgan fingerprint density at radius 2 is 1.92 bits per heavy atom. The van der Waals surface area contributed by atoms with E-state index < -0.39 is 24.0 Å². The number of likely N-dealkylation sites (N-methyl/N-ethyl adjacent to an activating group) is 1. The second kappa shape index (κ2) is 6.30. The molecule has 1 fully saturated rings. The van der Waals surface area contributed by atoms with Crippen LogP contribution in [0.4, 0.5) is 13.2 Å². The van der Waals surface area contributed by atoms with Crippen molar-refractivity contribution in [2.45, 2.75) is 45.6 Å². The van der Waals surface area contributed by atoms with Crippen LogP contribution in [0.25, 0.3) is 0 Å². The third kappa shape index (κ3) is 3.45. The van der Waals surface area contributed by atoms with E-state index in [4.69, 9.17) is 0 Å². The first kappa shape index (κ1) is 18.8. The number of aliphatic hydroxyl groups excluding tert-OH is 1. The van der Waals surface area contributed by atoms with Gasteiger partial charge in [-0.1, -0.05) is 32.9 Å². The molecule has 3 rings (SSSR count). The summed E-state index contributed by atoms with van der Waals surface area (Å²) in [5.74, 6) is -0.427. The highest BCUT2D eigenvalue weighted by Crippen LogP contribution is 2.43. The van der Waals surface area contributed by atoms with Gasteiger partial charge in [0.2, 0.25) is 6.35 Å². The van der Waals surface area contributed by atoms with Crippen LogP contribution < -0.4 is 0 Å². The number of fused-ring (bicyclic) bond motifs is 1. The maximum Gasteiger partial charge on any atom is 0.416 e. The number of alkyl halides is 3. The SMILES string of the molecule is CN1C2=CC(c3cnccc3C(F)(F)F)CC=C2N(CC(C)(C)C)C1O. The molecule has 0 amide bonds. The Morgan fingerprint density at radius 1 is 1.23 bits per heavy atom. The molecule has 26 heavy (non-hydrogen) atoms. The third-order valence-electron chi connectivity index (χ3n) is 4.70. The van der Waals surface area contributed by atoms with E-state index in [1.54, 1.807) is 11.9 Å². The molecule has 0 aromatic carbocycles. The molecule has 2 unspecified atom stereocenters. The number of aromatic nitrogens is 1. The van der Waals surface area contributed by atoms with Crippen LogP contribution in [0.1, 0.15) is 44.2 Å². The number of allylic oxidation sites excluding steroid dienone is 2. The molecule has 7 heteroatoms. The predicted octanol–water partition coefficient (Wildman–Crippen LogP) is 3.92. The van der Waals surface area contributed by atoms with Crippen molar-refractivity contribution in [3.8, 4) is 0 Å². The first-order valence-electron chi connectivity index (χ1n) is 8.60. The molecule has 0 bridgehead atoms. The van der Waals surface area contributed by atoms with Gasteiger partial charge in [-0.2, -0.15) is 13.2 Å². The van der Waals surface area contributed by atoms with Gasteiger partial charge >= 0.3 is 6.18 Å². The predicted molar refractivity (Wildman–Crippen MR) is 92.7 cm³/mol. The van der Waals surface area contributed by atoms with Gasteiger partial charge in [0.15, 0.2) is 0 Å². The minimum atomic E-state index is -4.42. The van der Waals surface area contributed by atoms with Crippen LogP contribution in [0.3, 0.4) is 0 Å². The molecule has 1 aromatic rings. The van der Waals surface area contributed by atoms with E-state index in [0.717, 1.165) is 17.5 Å². The standard InChI is InChI=1S/C19H24F3N3O/c1-18(2,3)11-25-15-6-5-12(9-16(15)24(4)17(25)26)13-10-23-8-7-14(13)19(20,21)22/h6-10,12,17,26H,5,11H2,1-4H3. The summed E-state index contributed by atoms with van der Waals surface area (Å²) in [6.07, 6.45) is 1.40. The van der Waals surface area contributed by atoms with E-state index in [2.05, 4.69) is 25.8 Å². The molecule has 0 saturated carbocycles. The number of rotatable bonds is 2. The van der Waals surface area contributed by atoms with Gasteiger partial charge in [0, 0.05) is 31.9 Å². The topological polar surface area (TPSA) is 39.6 Å². The zero-order chi connectivity index (χ0) is 19.3. The van der Waals surface area contributed by atoms with E-state index in [1.807, 2.05) is 17.1 Å². The van der Waals surface area contributed by atoms with Gasteiger partial charge in [-0.25, -0.2) is 0 Å². The van der Waals surface area contributed by atoms with E-state index >= 15 is 0 Å². The number of nitrogens with zero attached hydrogens (tertiary/aromatic N) is 3. The lowest BCUT2D eigenvalue weighted by Crippen LogP contribution is -2.40. The maximum atomic E-state index is 13.3. The van der Waals surface area contributed by atoms with Crippen LogP contribution >= 0.6 is 0 Å². The molecule has 2 aliphatic rings. The molecule has 0 spiro atoms. The Bertz CT molecular complexity index is 749. The van der Waals surface area contributed by atoms with Gasteiger partial charge < -0.3 is 14.9 Å². The third-order valence-corrected chi connectivity index (χ3v) is 4.70. The first-order valence-corrected chi connectivity index (χ1v) is 8.60. The van der Waals surface area contributed by atoms with E-state index in [1.165, 1.54) is 12.4 Å². The average Bonchev–Trinajstić information content (AvgIpc) is 2.77. The fraction of sp³-hybridized carbons (Fsp3) is 0.526. The summed E-state index contributed by atoms with van der Waals surface area (Å²) >= 11 is 0. The number of hydrogen-bond donors (Lipinski definition) is 1. The van der Waals surface area contributed by atoms with Gasteiger partial charge in [-0.3, -0.25) is 4.98 Å². The van der Waals surface area contributed by atoms with Gasteiger partial charge in [-0.05, 0) is 23.5 Å². The molecule has 0 radical (unpaired) electrons. The zero-order valence-corrected chi connectivity index (χ0v) is 15.4. The Hall–Kier alpha value is -2.02. The lowest BCUT2D eigenvalue weighted by molar-refractivity contribution is -0.138. The molecule has 4 nitrogen and oxygen atoms in total. The molecule has 1 aliphatic carbocycles. The van der Waals surface area contributed by atoms with Crippen LogP contribution in [-0.2, 0) is 6.18 Å². The average molecular weight is 367 g/mol. The molecule has 2 atom stereocenters. The normalized spacial score (nSPS) is 23.7. The second-order valence-electron chi connectivity index (χ2n) is 8.09. The van der Waals surface area contributed by atoms with Gasteiger partial charge in [0.25, 0.3) is 0 Å². The minimum absolute atomic E-state index is 0.0260. The van der Waals surface area contributed by atoms with E-state index in [9.17, 15) is 18.3 Å². The monoisotopic (exact) mass is 367 g/mol. The quantitative estimate of drug-likeness (QED) is 0.860. The Balaban J connectivity index is 1.95. The summed E-state index contributed by atoms with van der Waals surface area (Å²) < 4.78 is 40.0. The highest BCUT2D eigenvalue weighted by molar-refractivity contribution is 5.43. The highest BCUT2D eigenvalue weighted by Gasteiger charge is 2.40. The summed E-state index contributed by atoms with van der Waals surface area (Å²) in [6.45, 7) is 6.89. The zero-order valence-electron chi connectivity index (χ0n) is 15.4. The number of pyridine rings is 1. The van der Waals surface area contributed by atoms with Crippen molar-refractivity contribution in [1.82, 2.24) is 14.8 Å². The van der Waals surface area contributed by atoms with Crippen molar-refractivity contribution in [3.63, 3.8) is 0 Å². The molecular formula is C19H24F3N3O. The summed E-state index contributed by atoms with van der Waals surface area (Å²) in [6, 6.07) is 1.02. The summed E-state index contributed by atoms with van der Waals surface area (Å²) in [5.41, 5.74) is 1.12. The van der Waals surface area contributed by atoms with Crippen LogP contribution in [-0.4, -0.2) is 39.8 Å². The number of hydrogen-bond acceptors (Lipinski definition) is 4. The van der Waals surface area contributed by atoms with E-state index in [0.29, 0.717) is 13.0 Å². The highest BCUT2D eigenvalue weighted by atomic mass is 19.4. The summed E-state index contributed by atoms with van der Waals surface area (Å²) in [7, 11) is 1.75. The largest absolute Gasteiger partial charge is 0.416 e. The number of halogens is 3. The molecule has 2 heterocycles. The van der Waals surface area contributed by atoms with Crippen molar-refractivity contribution in [3.05, 3.63) is 53.1 Å². The van der Waals surface area contributed by atoms with Crippen LogP contribution in [0.5, 0.6) is 0 Å². The van der Waals surface area contributed by atoms with Gasteiger partial charge in [0.1, 0.15) is 0 Å². The molecule has 1 N–H and O–H groups in total. The molecule has 1 aliphatic heterocycles. The van der Waals surface area contributed by atoms with Crippen molar-refractivity contribution < 1.29 is 18.3 Å². The Kier molecular flexibility index (Phi) is 4.55. The van der Waals surface area contributed by atoms with Crippen LogP contribution in [0, 0.1) is 5.41 Å². The van der Waals surface area contributed by atoms with E-state index in [-0.39, 0.29) is 11.0 Å². The first-order chi connectivity index (χ1) is 12.0. The molecule has 1 aromatic heterocycles. The maximum absolute atomic E-state index is 13.3. The van der Waals surface area contributed by atoms with Gasteiger partial charge in [-0.15, -0.1) is 0 Å². The van der Waals surface area contributed by atoms with Crippen molar-refractivity contribution >= 4 is 0 Å². The Labute approximate surface area is 151 Å². The van der Waals surface area contributed by atoms with Crippen molar-refractivity contribution in [2.75, 3.05) is 13.6 Å². The smallest absolute Gasteiger partial charge is 0.356 e. The fourth-order valence-corrected chi connectivity index (χ4v) is 3.56. The van der Waals surface area contributed by atoms with Crippen LogP contribution in [0.15, 0.2) is 42.0 Å². The summed E-state index contributed by atoms with van der Waals surface area (Å²) in [4.78, 5) is 7.49. The Morgan fingerprint density at radius 3 is 2.54 bits per heavy atom.